The molecule has 1 aromatic carbocycles. The van der Waals surface area contributed by atoms with Gasteiger partial charge in [-0.1, -0.05) is 12.1 Å². The number of pyridine rings is 1. The molecule has 206 valence electrons. The third-order valence-electron chi connectivity index (χ3n) is 6.54. The van der Waals surface area contributed by atoms with Crippen LogP contribution in [0.25, 0.3) is 17.3 Å². The number of nitrogens with zero attached hydrogens (tertiary/aromatic N) is 4. The van der Waals surface area contributed by atoms with Crippen LogP contribution in [0.1, 0.15) is 31.2 Å². The first-order valence-electron chi connectivity index (χ1n) is 12.9. The number of hydrogen-bond donors (Lipinski definition) is 3. The zero-order valence-electron chi connectivity index (χ0n) is 21.8. The van der Waals surface area contributed by atoms with E-state index >= 15 is 0 Å². The van der Waals surface area contributed by atoms with Crippen LogP contribution in [0.2, 0.25) is 0 Å². The van der Waals surface area contributed by atoms with Crippen molar-refractivity contribution in [1.82, 2.24) is 25.6 Å². The predicted molar refractivity (Wildman–Crippen MR) is 152 cm³/mol. The van der Waals surface area contributed by atoms with Gasteiger partial charge in [-0.05, 0) is 67.4 Å². The molecular weight excluding hydrogens is 533 g/mol. The molecule has 3 aromatic rings. The Hall–Kier alpha value is -4.16. The smallest absolute Gasteiger partial charge is 0.290 e. The number of benzene rings is 1. The van der Waals surface area contributed by atoms with Crippen molar-refractivity contribution in [2.75, 3.05) is 29.9 Å². The second-order valence-electron chi connectivity index (χ2n) is 9.62. The molecule has 0 saturated carbocycles. The standard InChI is InChI=1S/C28H28FN7O3S/c1-17(37)32-21-4-2-3-19(11-21)24-13-20(29)12-23(33-24)16-30-15-18-6-9-36(10-7-18)27-31-8-5-22(34-27)14-25-26(38)35-28(39)40-25/h2-5,8,11-14,18,30H,6-7,9-10,15-16H2,1H3,(H,32,37)(H,35,38,39)/b25-14-. The zero-order valence-corrected chi connectivity index (χ0v) is 22.6. The summed E-state index contributed by atoms with van der Waals surface area (Å²) in [5, 5.41) is 8.00. The van der Waals surface area contributed by atoms with E-state index < -0.39 is 5.91 Å². The van der Waals surface area contributed by atoms with Gasteiger partial charge in [-0.15, -0.1) is 0 Å². The summed E-state index contributed by atoms with van der Waals surface area (Å²) in [7, 11) is 0. The fraction of sp³-hybridized carbons (Fsp3) is 0.286. The predicted octanol–water partition coefficient (Wildman–Crippen LogP) is 3.97. The molecule has 2 aromatic heterocycles. The van der Waals surface area contributed by atoms with Crippen molar-refractivity contribution in [3.8, 4) is 11.3 Å². The van der Waals surface area contributed by atoms with Crippen LogP contribution in [0, 0.1) is 11.7 Å². The molecule has 2 fully saturated rings. The average molecular weight is 562 g/mol. The highest BCUT2D eigenvalue weighted by Gasteiger charge is 2.26. The van der Waals surface area contributed by atoms with Crippen molar-refractivity contribution in [2.24, 2.45) is 5.92 Å². The number of amides is 3. The molecule has 3 amide bonds. The summed E-state index contributed by atoms with van der Waals surface area (Å²) in [6.45, 7) is 4.21. The maximum absolute atomic E-state index is 14.4. The number of carbonyl (C=O) groups excluding carboxylic acids is 3. The summed E-state index contributed by atoms with van der Waals surface area (Å²) in [5.74, 6) is 0.0791. The van der Waals surface area contributed by atoms with Gasteiger partial charge in [0.25, 0.3) is 11.1 Å². The summed E-state index contributed by atoms with van der Waals surface area (Å²) in [6.07, 6.45) is 5.12. The van der Waals surface area contributed by atoms with Gasteiger partial charge in [-0.2, -0.15) is 0 Å². The summed E-state index contributed by atoms with van der Waals surface area (Å²) in [6, 6.07) is 11.7. The van der Waals surface area contributed by atoms with Crippen molar-refractivity contribution in [2.45, 2.75) is 26.3 Å². The molecule has 0 aliphatic carbocycles. The number of carbonyl (C=O) groups is 3. The summed E-state index contributed by atoms with van der Waals surface area (Å²) in [4.78, 5) is 50.6. The van der Waals surface area contributed by atoms with Gasteiger partial charge in [-0.25, -0.2) is 14.4 Å². The van der Waals surface area contributed by atoms with Crippen LogP contribution < -0.4 is 20.9 Å². The quantitative estimate of drug-likeness (QED) is 0.350. The minimum absolute atomic E-state index is 0.175. The van der Waals surface area contributed by atoms with Gasteiger partial charge in [0.15, 0.2) is 0 Å². The normalized spacial score (nSPS) is 16.9. The number of piperidine rings is 1. The van der Waals surface area contributed by atoms with Crippen LogP contribution >= 0.6 is 11.8 Å². The molecule has 0 spiro atoms. The van der Waals surface area contributed by atoms with Gasteiger partial charge in [-0.3, -0.25) is 24.7 Å². The van der Waals surface area contributed by atoms with E-state index in [1.54, 1.807) is 36.5 Å². The lowest BCUT2D eigenvalue weighted by molar-refractivity contribution is -0.115. The highest BCUT2D eigenvalue weighted by Crippen LogP contribution is 2.26. The first kappa shape index (κ1) is 27.4. The van der Waals surface area contributed by atoms with Gasteiger partial charge in [0.1, 0.15) is 5.82 Å². The number of nitrogens with one attached hydrogen (secondary N) is 3. The number of aromatic nitrogens is 3. The highest BCUT2D eigenvalue weighted by atomic mass is 32.2. The van der Waals surface area contributed by atoms with Crippen LogP contribution in [0.5, 0.6) is 0 Å². The van der Waals surface area contributed by atoms with Gasteiger partial charge < -0.3 is 15.5 Å². The molecule has 0 radical (unpaired) electrons. The minimum Gasteiger partial charge on any atom is -0.341 e. The third kappa shape index (κ3) is 7.07. The van der Waals surface area contributed by atoms with E-state index in [2.05, 4.69) is 35.8 Å². The molecule has 2 saturated heterocycles. The summed E-state index contributed by atoms with van der Waals surface area (Å²) in [5.41, 5.74) is 3.04. The molecule has 2 aliphatic heterocycles. The van der Waals surface area contributed by atoms with Crippen molar-refractivity contribution in [3.63, 3.8) is 0 Å². The van der Waals surface area contributed by atoms with Crippen LogP contribution in [0.3, 0.4) is 0 Å². The number of imide groups is 1. The number of halogens is 1. The number of anilines is 2. The summed E-state index contributed by atoms with van der Waals surface area (Å²) < 4.78 is 14.4. The Balaban J connectivity index is 1.13. The molecule has 40 heavy (non-hydrogen) atoms. The Kier molecular flexibility index (Phi) is 8.46. The number of thioether (sulfide) groups is 1. The average Bonchev–Trinajstić information content (AvgIpc) is 3.24. The fourth-order valence-corrected chi connectivity index (χ4v) is 5.31. The Morgan fingerprint density at radius 3 is 2.75 bits per heavy atom. The van der Waals surface area contributed by atoms with Crippen molar-refractivity contribution in [3.05, 3.63) is 70.8 Å². The van der Waals surface area contributed by atoms with Crippen molar-refractivity contribution in [1.29, 1.82) is 0 Å². The van der Waals surface area contributed by atoms with E-state index in [1.807, 2.05) is 6.07 Å². The second kappa shape index (κ2) is 12.3. The minimum atomic E-state index is -0.413. The van der Waals surface area contributed by atoms with Gasteiger partial charge in [0.05, 0.1) is 22.0 Å². The largest absolute Gasteiger partial charge is 0.341 e. The molecule has 0 unspecified atom stereocenters. The second-order valence-corrected chi connectivity index (χ2v) is 10.6. The van der Waals surface area contributed by atoms with Crippen molar-refractivity contribution >= 4 is 46.5 Å². The lowest BCUT2D eigenvalue weighted by Crippen LogP contribution is -2.38. The van der Waals surface area contributed by atoms with Gasteiger partial charge in [0.2, 0.25) is 11.9 Å². The highest BCUT2D eigenvalue weighted by molar-refractivity contribution is 8.18. The number of hydrogen-bond acceptors (Lipinski definition) is 9. The molecule has 2 aliphatic rings. The SMILES string of the molecule is CC(=O)Nc1cccc(-c2cc(F)cc(CNCC3CCN(c4nccc(/C=C5\SC(=O)NC5=O)n4)CC3)n2)c1. The molecule has 4 heterocycles. The van der Waals surface area contributed by atoms with Gasteiger partial charge in [0, 0.05) is 50.1 Å². The van der Waals surface area contributed by atoms with E-state index in [1.165, 1.54) is 19.1 Å². The van der Waals surface area contributed by atoms with E-state index in [0.29, 0.717) is 46.1 Å². The van der Waals surface area contributed by atoms with Crippen molar-refractivity contribution < 1.29 is 18.8 Å². The molecule has 0 atom stereocenters. The Bertz CT molecular complexity index is 1470. The Morgan fingerprint density at radius 1 is 1.18 bits per heavy atom. The molecule has 10 nitrogen and oxygen atoms in total. The lowest BCUT2D eigenvalue weighted by Gasteiger charge is -2.32. The fourth-order valence-electron chi connectivity index (χ4n) is 4.64. The van der Waals surface area contributed by atoms with Crippen LogP contribution in [0.15, 0.2) is 53.6 Å². The monoisotopic (exact) mass is 561 g/mol. The van der Waals surface area contributed by atoms with Crippen LogP contribution in [-0.2, 0) is 16.1 Å². The van der Waals surface area contributed by atoms with Gasteiger partial charge >= 0.3 is 0 Å². The molecule has 3 N–H and O–H groups in total. The maximum atomic E-state index is 14.4. The van der Waals surface area contributed by atoms with E-state index in [9.17, 15) is 18.8 Å². The molecule has 12 heteroatoms. The van der Waals surface area contributed by atoms with E-state index in [0.717, 1.165) is 49.8 Å². The number of rotatable bonds is 8. The molecular formula is C28H28FN7O3S. The zero-order chi connectivity index (χ0) is 28.1. The topological polar surface area (TPSA) is 129 Å². The van der Waals surface area contributed by atoms with E-state index in [-0.39, 0.29) is 17.0 Å². The third-order valence-corrected chi connectivity index (χ3v) is 7.35. The Labute approximate surface area is 234 Å². The van der Waals surface area contributed by atoms with Crippen LogP contribution in [-0.4, -0.2) is 51.6 Å². The van der Waals surface area contributed by atoms with Crippen LogP contribution in [0.4, 0.5) is 20.8 Å². The van der Waals surface area contributed by atoms with E-state index in [4.69, 9.17) is 0 Å². The molecule has 0 bridgehead atoms. The summed E-state index contributed by atoms with van der Waals surface area (Å²) >= 11 is 0.860. The maximum Gasteiger partial charge on any atom is 0.290 e. The molecule has 5 rings (SSSR count). The first-order valence-corrected chi connectivity index (χ1v) is 13.7. The first-order chi connectivity index (χ1) is 19.3. The Morgan fingerprint density at radius 2 is 2.00 bits per heavy atom. The lowest BCUT2D eigenvalue weighted by atomic mass is 9.97.